The van der Waals surface area contributed by atoms with Gasteiger partial charge in [-0.3, -0.25) is 0 Å². The molecule has 1 unspecified atom stereocenters. The van der Waals surface area contributed by atoms with E-state index in [9.17, 15) is 14.7 Å². The predicted molar refractivity (Wildman–Crippen MR) is 78.0 cm³/mol. The molecule has 21 heavy (non-hydrogen) atoms. The summed E-state index contributed by atoms with van der Waals surface area (Å²) in [7, 11) is 0. The summed E-state index contributed by atoms with van der Waals surface area (Å²) in [5.41, 5.74) is -0.467. The number of hydrogen-bond donors (Lipinski definition) is 1. The first-order valence-electron chi connectivity index (χ1n) is 7.17. The summed E-state index contributed by atoms with van der Waals surface area (Å²) in [4.78, 5) is 27.0. The van der Waals surface area contributed by atoms with Crippen molar-refractivity contribution >= 4 is 12.0 Å². The third-order valence-electron chi connectivity index (χ3n) is 4.04. The van der Waals surface area contributed by atoms with E-state index in [1.807, 2.05) is 0 Å². The third-order valence-corrected chi connectivity index (χ3v) is 4.04. The van der Waals surface area contributed by atoms with Crippen LogP contribution in [0.1, 0.15) is 19.3 Å². The van der Waals surface area contributed by atoms with Crippen LogP contribution in [0.2, 0.25) is 0 Å². The van der Waals surface area contributed by atoms with E-state index in [0.29, 0.717) is 19.6 Å². The Morgan fingerprint density at radius 1 is 1.33 bits per heavy atom. The molecule has 6 nitrogen and oxygen atoms in total. The molecule has 2 rings (SSSR count). The Morgan fingerprint density at radius 2 is 1.95 bits per heavy atom. The van der Waals surface area contributed by atoms with Gasteiger partial charge in [0.15, 0.2) is 6.10 Å². The molecule has 1 saturated carbocycles. The summed E-state index contributed by atoms with van der Waals surface area (Å²) in [5, 5.41) is 9.23. The van der Waals surface area contributed by atoms with Gasteiger partial charge in [0.1, 0.15) is 0 Å². The second-order valence-electron chi connectivity index (χ2n) is 5.63. The van der Waals surface area contributed by atoms with Crippen molar-refractivity contribution in [2.24, 2.45) is 0 Å². The third kappa shape index (κ3) is 3.26. The normalized spacial score (nSPS) is 23.2. The standard InChI is InChI=1S/C15H22N2O4/c1-3-8-16(9-4-2)14(20)17-10-12(13(18)19)21-15(11-17)6-5-7-15/h3-4,12H,1-2,5-11H2,(H,18,19). The van der Waals surface area contributed by atoms with Gasteiger partial charge < -0.3 is 19.6 Å². The number of rotatable bonds is 5. The molecule has 1 spiro atoms. The van der Waals surface area contributed by atoms with Crippen molar-refractivity contribution in [2.75, 3.05) is 26.2 Å². The average Bonchev–Trinajstić information content (AvgIpc) is 2.44. The highest BCUT2D eigenvalue weighted by molar-refractivity contribution is 5.78. The molecule has 2 amide bonds. The van der Waals surface area contributed by atoms with E-state index in [1.54, 1.807) is 22.0 Å². The lowest BCUT2D eigenvalue weighted by Gasteiger charge is -2.50. The Kier molecular flexibility index (Phi) is 4.67. The van der Waals surface area contributed by atoms with Crippen LogP contribution in [-0.4, -0.2) is 64.8 Å². The SMILES string of the molecule is C=CCN(CC=C)C(=O)N1CC(C(=O)O)OC2(CCC2)C1. The molecule has 2 fully saturated rings. The zero-order valence-electron chi connectivity index (χ0n) is 12.2. The van der Waals surface area contributed by atoms with Crippen LogP contribution in [0.25, 0.3) is 0 Å². The Balaban J connectivity index is 2.12. The number of urea groups is 1. The van der Waals surface area contributed by atoms with Crippen molar-refractivity contribution in [1.29, 1.82) is 0 Å². The molecule has 1 N–H and O–H groups in total. The maximum atomic E-state index is 12.6. The van der Waals surface area contributed by atoms with Gasteiger partial charge in [-0.1, -0.05) is 12.2 Å². The van der Waals surface area contributed by atoms with Crippen LogP contribution in [0.4, 0.5) is 4.79 Å². The van der Waals surface area contributed by atoms with Crippen LogP contribution >= 0.6 is 0 Å². The highest BCUT2D eigenvalue weighted by Crippen LogP contribution is 2.40. The fourth-order valence-electron chi connectivity index (χ4n) is 2.85. The van der Waals surface area contributed by atoms with Crippen LogP contribution in [0.3, 0.4) is 0 Å². The van der Waals surface area contributed by atoms with Gasteiger partial charge >= 0.3 is 12.0 Å². The molecule has 1 atom stereocenters. The second kappa shape index (κ2) is 6.30. The summed E-state index contributed by atoms with van der Waals surface area (Å²) in [5.74, 6) is -1.02. The van der Waals surface area contributed by atoms with E-state index in [2.05, 4.69) is 13.2 Å². The van der Waals surface area contributed by atoms with Crippen LogP contribution in [0.5, 0.6) is 0 Å². The number of morpholine rings is 1. The highest BCUT2D eigenvalue weighted by atomic mass is 16.5. The van der Waals surface area contributed by atoms with Crippen molar-refractivity contribution in [3.05, 3.63) is 25.3 Å². The van der Waals surface area contributed by atoms with E-state index in [0.717, 1.165) is 19.3 Å². The van der Waals surface area contributed by atoms with Gasteiger partial charge in [0.2, 0.25) is 0 Å². The number of carbonyl (C=O) groups is 2. The monoisotopic (exact) mass is 294 g/mol. The molecular formula is C15H22N2O4. The lowest BCUT2D eigenvalue weighted by atomic mass is 9.78. The number of aliphatic carboxylic acids is 1. The van der Waals surface area contributed by atoms with Gasteiger partial charge in [-0.15, -0.1) is 13.2 Å². The second-order valence-corrected chi connectivity index (χ2v) is 5.63. The molecule has 1 aliphatic carbocycles. The highest BCUT2D eigenvalue weighted by Gasteiger charge is 2.48. The number of carboxylic acids is 1. The molecule has 6 heteroatoms. The molecule has 2 aliphatic rings. The minimum absolute atomic E-state index is 0.0840. The average molecular weight is 294 g/mol. The van der Waals surface area contributed by atoms with Crippen molar-refractivity contribution in [3.63, 3.8) is 0 Å². The summed E-state index contributed by atoms with van der Waals surface area (Å²) in [6.07, 6.45) is 4.98. The molecule has 1 saturated heterocycles. The van der Waals surface area contributed by atoms with E-state index >= 15 is 0 Å². The topological polar surface area (TPSA) is 70.1 Å². The first-order valence-corrected chi connectivity index (χ1v) is 7.17. The molecule has 0 aromatic carbocycles. The van der Waals surface area contributed by atoms with Crippen molar-refractivity contribution in [1.82, 2.24) is 9.80 Å². The molecule has 116 valence electrons. The number of nitrogens with zero attached hydrogens (tertiary/aromatic N) is 2. The van der Waals surface area contributed by atoms with Crippen LogP contribution in [-0.2, 0) is 9.53 Å². The van der Waals surface area contributed by atoms with Crippen molar-refractivity contribution < 1.29 is 19.4 Å². The van der Waals surface area contributed by atoms with Crippen LogP contribution in [0, 0.1) is 0 Å². The van der Waals surface area contributed by atoms with Gasteiger partial charge in [-0.05, 0) is 19.3 Å². The fourth-order valence-corrected chi connectivity index (χ4v) is 2.85. The molecule has 0 aromatic rings. The molecule has 0 aromatic heterocycles. The minimum atomic E-state index is -1.02. The van der Waals surface area contributed by atoms with Crippen molar-refractivity contribution in [2.45, 2.75) is 31.0 Å². The maximum absolute atomic E-state index is 12.6. The Morgan fingerprint density at radius 3 is 2.38 bits per heavy atom. The lowest BCUT2D eigenvalue weighted by Crippen LogP contribution is -2.63. The molecular weight excluding hydrogens is 272 g/mol. The fraction of sp³-hybridized carbons (Fsp3) is 0.600. The van der Waals surface area contributed by atoms with Crippen LogP contribution < -0.4 is 0 Å². The number of ether oxygens (including phenoxy) is 1. The first kappa shape index (κ1) is 15.6. The molecule has 0 radical (unpaired) electrons. The predicted octanol–water partition coefficient (Wildman–Crippen LogP) is 1.49. The number of amides is 2. The van der Waals surface area contributed by atoms with Gasteiger partial charge in [0.25, 0.3) is 0 Å². The van der Waals surface area contributed by atoms with Gasteiger partial charge in [-0.25, -0.2) is 9.59 Å². The first-order chi connectivity index (χ1) is 10.0. The van der Waals surface area contributed by atoms with E-state index < -0.39 is 17.7 Å². The molecule has 1 heterocycles. The summed E-state index contributed by atoms with van der Waals surface area (Å²) >= 11 is 0. The Labute approximate surface area is 124 Å². The van der Waals surface area contributed by atoms with Gasteiger partial charge in [0.05, 0.1) is 18.7 Å². The van der Waals surface area contributed by atoms with Gasteiger partial charge in [-0.2, -0.15) is 0 Å². The lowest BCUT2D eigenvalue weighted by molar-refractivity contribution is -0.199. The van der Waals surface area contributed by atoms with E-state index in [-0.39, 0.29) is 12.6 Å². The van der Waals surface area contributed by atoms with Gasteiger partial charge in [0, 0.05) is 13.1 Å². The Hall–Kier alpha value is -1.82. The van der Waals surface area contributed by atoms with E-state index in [1.165, 1.54) is 0 Å². The number of hydrogen-bond acceptors (Lipinski definition) is 3. The Bertz CT molecular complexity index is 435. The van der Waals surface area contributed by atoms with Crippen molar-refractivity contribution in [3.8, 4) is 0 Å². The zero-order valence-corrected chi connectivity index (χ0v) is 12.2. The number of carboxylic acid groups (broad SMARTS) is 1. The maximum Gasteiger partial charge on any atom is 0.334 e. The summed E-state index contributed by atoms with van der Waals surface area (Å²) < 4.78 is 5.70. The zero-order chi connectivity index (χ0) is 15.5. The molecule has 1 aliphatic heterocycles. The quantitative estimate of drug-likeness (QED) is 0.780. The largest absolute Gasteiger partial charge is 0.479 e. The smallest absolute Gasteiger partial charge is 0.334 e. The van der Waals surface area contributed by atoms with E-state index in [4.69, 9.17) is 4.74 Å². The molecule has 0 bridgehead atoms. The van der Waals surface area contributed by atoms with Crippen LogP contribution in [0.15, 0.2) is 25.3 Å². The summed E-state index contributed by atoms with van der Waals surface area (Å²) in [6.45, 7) is 8.65. The number of carbonyl (C=O) groups excluding carboxylic acids is 1. The summed E-state index contributed by atoms with van der Waals surface area (Å²) in [6, 6.07) is -0.185. The minimum Gasteiger partial charge on any atom is -0.479 e.